The molecule has 1 amide bonds. The van der Waals surface area contributed by atoms with Gasteiger partial charge in [0.05, 0.1) is 12.1 Å². The van der Waals surface area contributed by atoms with Gasteiger partial charge in [0.25, 0.3) is 11.5 Å². The Morgan fingerprint density at radius 3 is 2.79 bits per heavy atom. The zero-order valence-corrected chi connectivity index (χ0v) is 12.3. The van der Waals surface area contributed by atoms with Gasteiger partial charge in [-0.2, -0.15) is 5.10 Å². The summed E-state index contributed by atoms with van der Waals surface area (Å²) in [7, 11) is 0. The highest BCUT2D eigenvalue weighted by Crippen LogP contribution is 1.97. The Balaban J connectivity index is 1.65. The maximum Gasteiger partial charge on any atom is 0.335 e. The van der Waals surface area contributed by atoms with Gasteiger partial charge in [-0.15, -0.1) is 5.10 Å². The van der Waals surface area contributed by atoms with Crippen molar-refractivity contribution in [3.05, 3.63) is 69.5 Å². The van der Waals surface area contributed by atoms with Crippen LogP contribution in [0.1, 0.15) is 10.4 Å². The van der Waals surface area contributed by atoms with Crippen LogP contribution < -0.4 is 16.5 Å². The van der Waals surface area contributed by atoms with Crippen LogP contribution in [-0.4, -0.2) is 37.0 Å². The van der Waals surface area contributed by atoms with Crippen molar-refractivity contribution in [2.24, 2.45) is 0 Å². The van der Waals surface area contributed by atoms with Crippen LogP contribution in [0.3, 0.4) is 0 Å². The van der Waals surface area contributed by atoms with Gasteiger partial charge in [-0.3, -0.25) is 9.59 Å². The van der Waals surface area contributed by atoms with Gasteiger partial charge in [0.1, 0.15) is 18.9 Å². The highest BCUT2D eigenvalue weighted by atomic mass is 16.4. The molecule has 0 aromatic carbocycles. The molecule has 0 saturated heterocycles. The van der Waals surface area contributed by atoms with Gasteiger partial charge in [0.15, 0.2) is 5.82 Å². The molecule has 0 fully saturated rings. The number of nitrogens with one attached hydrogen (secondary N) is 1. The molecule has 3 heterocycles. The molecular weight excluding hydrogens is 316 g/mol. The van der Waals surface area contributed by atoms with Crippen molar-refractivity contribution >= 4 is 5.91 Å². The second kappa shape index (κ2) is 6.69. The first-order valence-corrected chi connectivity index (χ1v) is 6.94. The minimum absolute atomic E-state index is 0.171. The SMILES string of the molecule is O=C(NCCn1nc(-n2cncn2)ccc1=O)c1ccc(=O)oc1. The van der Waals surface area contributed by atoms with Crippen molar-refractivity contribution in [3.8, 4) is 5.82 Å². The third kappa shape index (κ3) is 3.43. The fourth-order valence-electron chi connectivity index (χ4n) is 1.91. The summed E-state index contributed by atoms with van der Waals surface area (Å²) in [6.07, 6.45) is 3.89. The van der Waals surface area contributed by atoms with Crippen LogP contribution in [0.4, 0.5) is 0 Å². The largest absolute Gasteiger partial charge is 0.430 e. The Morgan fingerprint density at radius 1 is 1.21 bits per heavy atom. The van der Waals surface area contributed by atoms with E-state index in [1.807, 2.05) is 0 Å². The van der Waals surface area contributed by atoms with Gasteiger partial charge < -0.3 is 9.73 Å². The summed E-state index contributed by atoms with van der Waals surface area (Å²) in [5, 5.41) is 10.7. The molecule has 0 aliphatic heterocycles. The van der Waals surface area contributed by atoms with Crippen LogP contribution in [0, 0.1) is 0 Å². The highest BCUT2D eigenvalue weighted by molar-refractivity contribution is 5.93. The van der Waals surface area contributed by atoms with Gasteiger partial charge >= 0.3 is 5.63 Å². The average Bonchev–Trinajstić information content (AvgIpc) is 3.11. The molecule has 0 spiro atoms. The van der Waals surface area contributed by atoms with E-state index in [4.69, 9.17) is 0 Å². The molecule has 0 unspecified atom stereocenters. The number of nitrogens with zero attached hydrogens (tertiary/aromatic N) is 5. The number of amides is 1. The van der Waals surface area contributed by atoms with Crippen LogP contribution >= 0.6 is 0 Å². The standard InChI is InChI=1S/C14H12N6O4/c21-12-3-2-11(20-9-15-8-17-20)18-19(12)6-5-16-14(23)10-1-4-13(22)24-7-10/h1-4,7-9H,5-6H2,(H,16,23). The molecule has 3 aromatic rings. The van der Waals surface area contributed by atoms with Crippen LogP contribution in [0.25, 0.3) is 5.82 Å². The fraction of sp³-hybridized carbons (Fsp3) is 0.143. The predicted molar refractivity (Wildman–Crippen MR) is 80.7 cm³/mol. The molecule has 10 nitrogen and oxygen atoms in total. The van der Waals surface area contributed by atoms with Crippen LogP contribution in [0.2, 0.25) is 0 Å². The lowest BCUT2D eigenvalue weighted by atomic mass is 10.3. The van der Waals surface area contributed by atoms with E-state index in [9.17, 15) is 14.4 Å². The molecule has 1 N–H and O–H groups in total. The number of carbonyl (C=O) groups is 1. The minimum atomic E-state index is -0.535. The average molecular weight is 328 g/mol. The lowest BCUT2D eigenvalue weighted by molar-refractivity contribution is 0.0949. The van der Waals surface area contributed by atoms with Gasteiger partial charge in [0, 0.05) is 18.7 Å². The monoisotopic (exact) mass is 328 g/mol. The summed E-state index contributed by atoms with van der Waals surface area (Å²) in [6, 6.07) is 5.40. The summed E-state index contributed by atoms with van der Waals surface area (Å²) in [4.78, 5) is 38.4. The van der Waals surface area contributed by atoms with Crippen molar-refractivity contribution in [1.29, 1.82) is 0 Å². The zero-order chi connectivity index (χ0) is 16.9. The smallest absolute Gasteiger partial charge is 0.335 e. The van der Waals surface area contributed by atoms with Gasteiger partial charge in [-0.05, 0) is 12.1 Å². The summed E-state index contributed by atoms with van der Waals surface area (Å²) < 4.78 is 7.25. The molecule has 0 atom stereocenters. The maximum absolute atomic E-state index is 11.9. The second-order valence-corrected chi connectivity index (χ2v) is 4.69. The molecule has 0 saturated carbocycles. The quantitative estimate of drug-likeness (QED) is 0.650. The first-order valence-electron chi connectivity index (χ1n) is 6.94. The number of rotatable bonds is 5. The van der Waals surface area contributed by atoms with E-state index < -0.39 is 11.5 Å². The molecule has 3 aromatic heterocycles. The Labute approximate surface area is 134 Å². The van der Waals surface area contributed by atoms with Crippen LogP contribution in [-0.2, 0) is 6.54 Å². The van der Waals surface area contributed by atoms with Crippen molar-refractivity contribution in [3.63, 3.8) is 0 Å². The molecule has 0 radical (unpaired) electrons. The summed E-state index contributed by atoms with van der Waals surface area (Å²) in [5.74, 6) is 0.0162. The van der Waals surface area contributed by atoms with E-state index in [2.05, 4.69) is 24.9 Å². The zero-order valence-electron chi connectivity index (χ0n) is 12.3. The van der Waals surface area contributed by atoms with Gasteiger partial charge in [-0.1, -0.05) is 0 Å². The topological polar surface area (TPSA) is 125 Å². The summed E-state index contributed by atoms with van der Waals surface area (Å²) >= 11 is 0. The number of hydrogen-bond donors (Lipinski definition) is 1. The van der Waals surface area contributed by atoms with Crippen molar-refractivity contribution < 1.29 is 9.21 Å². The lowest BCUT2D eigenvalue weighted by Gasteiger charge is -2.08. The highest BCUT2D eigenvalue weighted by Gasteiger charge is 2.07. The number of hydrogen-bond acceptors (Lipinski definition) is 7. The first kappa shape index (κ1) is 15.3. The number of aromatic nitrogens is 5. The van der Waals surface area contributed by atoms with E-state index in [0.717, 1.165) is 12.3 Å². The molecule has 10 heteroatoms. The molecule has 3 rings (SSSR count). The van der Waals surface area contributed by atoms with Crippen LogP contribution in [0.15, 0.2) is 57.2 Å². The maximum atomic E-state index is 11.9. The Kier molecular flexibility index (Phi) is 4.27. The van der Waals surface area contributed by atoms with E-state index >= 15 is 0 Å². The minimum Gasteiger partial charge on any atom is -0.430 e. The normalized spacial score (nSPS) is 10.5. The third-order valence-corrected chi connectivity index (χ3v) is 3.08. The summed E-state index contributed by atoms with van der Waals surface area (Å²) in [5.41, 5.74) is -0.627. The fourth-order valence-corrected chi connectivity index (χ4v) is 1.91. The number of carbonyl (C=O) groups excluding carboxylic acids is 1. The second-order valence-electron chi connectivity index (χ2n) is 4.69. The Bertz CT molecular complexity index is 939. The van der Waals surface area contributed by atoms with E-state index in [1.54, 1.807) is 0 Å². The molecule has 0 aliphatic carbocycles. The van der Waals surface area contributed by atoms with Crippen LogP contribution in [0.5, 0.6) is 0 Å². The summed E-state index contributed by atoms with van der Waals surface area (Å²) in [6.45, 7) is 0.343. The van der Waals surface area contributed by atoms with Crippen molar-refractivity contribution in [1.82, 2.24) is 29.9 Å². The third-order valence-electron chi connectivity index (χ3n) is 3.08. The molecular formula is C14H12N6O4. The van der Waals surface area contributed by atoms with Gasteiger partial charge in [-0.25, -0.2) is 19.1 Å². The Hall–Kier alpha value is -3.56. The van der Waals surface area contributed by atoms with Crippen molar-refractivity contribution in [2.45, 2.75) is 6.54 Å². The van der Waals surface area contributed by atoms with E-state index in [-0.39, 0.29) is 24.2 Å². The first-order chi connectivity index (χ1) is 11.6. The molecule has 0 bridgehead atoms. The molecule has 0 aliphatic rings. The van der Waals surface area contributed by atoms with Crippen molar-refractivity contribution in [2.75, 3.05) is 6.54 Å². The molecule has 122 valence electrons. The van der Waals surface area contributed by atoms with Gasteiger partial charge in [0.2, 0.25) is 0 Å². The predicted octanol–water partition coefficient (Wildman–Crippen LogP) is -0.793. The Morgan fingerprint density at radius 2 is 2.08 bits per heavy atom. The lowest BCUT2D eigenvalue weighted by Crippen LogP contribution is -2.32. The van der Waals surface area contributed by atoms with E-state index in [0.29, 0.717) is 5.82 Å². The van der Waals surface area contributed by atoms with E-state index in [1.165, 1.54) is 40.2 Å². The molecule has 24 heavy (non-hydrogen) atoms.